The summed E-state index contributed by atoms with van der Waals surface area (Å²) in [6, 6.07) is 8.54. The minimum Gasteiger partial charge on any atom is -0.340 e. The van der Waals surface area contributed by atoms with E-state index in [1.165, 1.54) is 24.0 Å². The van der Waals surface area contributed by atoms with Crippen LogP contribution in [0.5, 0.6) is 0 Å². The molecule has 1 aromatic carbocycles. The lowest BCUT2D eigenvalue weighted by molar-refractivity contribution is -0.134. The second kappa shape index (κ2) is 6.02. The molecule has 1 aliphatic carbocycles. The van der Waals surface area contributed by atoms with E-state index in [0.717, 1.165) is 26.2 Å². The summed E-state index contributed by atoms with van der Waals surface area (Å²) in [5.74, 6) is 1.01. The number of benzene rings is 1. The number of carbonyl (C=O) groups is 1. The van der Waals surface area contributed by atoms with Gasteiger partial charge in [-0.25, -0.2) is 3.11 Å². The van der Waals surface area contributed by atoms with Crippen LogP contribution < -0.4 is 0 Å². The summed E-state index contributed by atoms with van der Waals surface area (Å²) >= 11 is 2.34. The first-order valence-electron chi connectivity index (χ1n) is 7.41. The maximum atomic E-state index is 12.9. The Morgan fingerprint density at radius 3 is 2.30 bits per heavy atom. The Morgan fingerprint density at radius 1 is 1.15 bits per heavy atom. The number of aryl methyl sites for hydroxylation is 1. The van der Waals surface area contributed by atoms with E-state index in [0.29, 0.717) is 11.8 Å². The van der Waals surface area contributed by atoms with Gasteiger partial charge >= 0.3 is 0 Å². The fraction of sp³-hybridized carbons (Fsp3) is 0.562. The van der Waals surface area contributed by atoms with Crippen LogP contribution >= 0.6 is 22.9 Å². The zero-order valence-electron chi connectivity index (χ0n) is 11.9. The molecule has 108 valence electrons. The highest BCUT2D eigenvalue weighted by molar-refractivity contribution is 14.1. The Balaban J connectivity index is 1.76. The van der Waals surface area contributed by atoms with E-state index < -0.39 is 0 Å². The Hall–Kier alpha value is -0.620. The van der Waals surface area contributed by atoms with Crippen molar-refractivity contribution in [1.82, 2.24) is 8.01 Å². The first-order valence-corrected chi connectivity index (χ1v) is 8.38. The van der Waals surface area contributed by atoms with Gasteiger partial charge in [-0.1, -0.05) is 29.8 Å². The average Bonchev–Trinajstić information content (AvgIpc) is 3.26. The minimum absolute atomic E-state index is 0.0939. The molecule has 0 radical (unpaired) electrons. The minimum atomic E-state index is 0.0939. The van der Waals surface area contributed by atoms with Gasteiger partial charge in [-0.2, -0.15) is 0 Å². The van der Waals surface area contributed by atoms with Crippen LogP contribution in [0.1, 0.15) is 29.9 Å². The molecule has 2 aliphatic rings. The largest absolute Gasteiger partial charge is 0.340 e. The monoisotopic (exact) mass is 384 g/mol. The van der Waals surface area contributed by atoms with Crippen LogP contribution in [0, 0.1) is 12.8 Å². The van der Waals surface area contributed by atoms with Crippen LogP contribution in [0.25, 0.3) is 0 Å². The van der Waals surface area contributed by atoms with Crippen molar-refractivity contribution in [1.29, 1.82) is 0 Å². The van der Waals surface area contributed by atoms with Gasteiger partial charge in [0.15, 0.2) is 0 Å². The molecular formula is C16H21IN2O. The molecule has 3 rings (SSSR count). The number of hydrogen-bond donors (Lipinski definition) is 0. The van der Waals surface area contributed by atoms with Crippen molar-refractivity contribution in [2.75, 3.05) is 26.2 Å². The lowest BCUT2D eigenvalue weighted by Crippen LogP contribution is -2.47. The third-order valence-electron chi connectivity index (χ3n) is 4.33. The van der Waals surface area contributed by atoms with Crippen molar-refractivity contribution in [3.8, 4) is 0 Å². The molecule has 1 unspecified atom stereocenters. The Kier molecular flexibility index (Phi) is 4.31. The number of halogens is 1. The van der Waals surface area contributed by atoms with Crippen LogP contribution in [0.2, 0.25) is 0 Å². The van der Waals surface area contributed by atoms with Crippen LogP contribution in [0.4, 0.5) is 0 Å². The summed E-state index contributed by atoms with van der Waals surface area (Å²) in [6.07, 6.45) is 2.41. The summed E-state index contributed by atoms with van der Waals surface area (Å²) in [5.41, 5.74) is 2.47. The van der Waals surface area contributed by atoms with Crippen molar-refractivity contribution >= 4 is 28.8 Å². The number of rotatable bonds is 3. The third kappa shape index (κ3) is 3.17. The maximum absolute atomic E-state index is 12.9. The van der Waals surface area contributed by atoms with Crippen molar-refractivity contribution < 1.29 is 4.79 Å². The van der Waals surface area contributed by atoms with Gasteiger partial charge in [0.2, 0.25) is 5.91 Å². The Bertz CT molecular complexity index is 476. The first-order chi connectivity index (χ1) is 9.65. The molecular weight excluding hydrogens is 363 g/mol. The topological polar surface area (TPSA) is 23.6 Å². The van der Waals surface area contributed by atoms with Crippen LogP contribution in [-0.2, 0) is 4.79 Å². The second-order valence-corrected chi connectivity index (χ2v) is 7.33. The molecule has 0 N–H and O–H groups in total. The van der Waals surface area contributed by atoms with Crippen LogP contribution in [-0.4, -0.2) is 40.1 Å². The summed E-state index contributed by atoms with van der Waals surface area (Å²) in [7, 11) is 0. The number of amides is 1. The average molecular weight is 384 g/mol. The molecule has 3 nitrogen and oxygen atoms in total. The third-order valence-corrected chi connectivity index (χ3v) is 5.30. The number of piperazine rings is 1. The summed E-state index contributed by atoms with van der Waals surface area (Å²) in [6.45, 7) is 5.81. The van der Waals surface area contributed by atoms with Gasteiger partial charge in [0, 0.05) is 49.0 Å². The highest BCUT2D eigenvalue weighted by atomic mass is 127. The molecule has 1 heterocycles. The molecule has 1 amide bonds. The summed E-state index contributed by atoms with van der Waals surface area (Å²) < 4.78 is 2.26. The lowest BCUT2D eigenvalue weighted by Gasteiger charge is -2.34. The zero-order valence-corrected chi connectivity index (χ0v) is 14.0. The molecule has 0 aromatic heterocycles. The van der Waals surface area contributed by atoms with E-state index in [-0.39, 0.29) is 5.92 Å². The number of hydrogen-bond acceptors (Lipinski definition) is 2. The molecule has 0 bridgehead atoms. The van der Waals surface area contributed by atoms with Crippen LogP contribution in [0.15, 0.2) is 24.3 Å². The predicted octanol–water partition coefficient (Wildman–Crippen LogP) is 2.98. The molecule has 4 heteroatoms. The van der Waals surface area contributed by atoms with Crippen molar-refractivity contribution in [3.63, 3.8) is 0 Å². The standard InChI is InChI=1S/C16H21IN2O/c1-12-2-4-13(5-3-12)15(14-6-7-14)16(20)18-8-10-19(17)11-9-18/h2-5,14-15H,6-11H2,1H3. The zero-order chi connectivity index (χ0) is 14.1. The van der Waals surface area contributed by atoms with Crippen molar-refractivity contribution in [2.24, 2.45) is 5.92 Å². The van der Waals surface area contributed by atoms with E-state index in [4.69, 9.17) is 0 Å². The van der Waals surface area contributed by atoms with E-state index in [1.807, 2.05) is 0 Å². The smallest absolute Gasteiger partial charge is 0.230 e. The Labute approximate surface area is 134 Å². The highest BCUT2D eigenvalue weighted by Crippen LogP contribution is 2.43. The quantitative estimate of drug-likeness (QED) is 0.591. The van der Waals surface area contributed by atoms with Gasteiger partial charge in [0.25, 0.3) is 0 Å². The van der Waals surface area contributed by atoms with E-state index in [1.54, 1.807) is 0 Å². The molecule has 1 aromatic rings. The molecule has 2 fully saturated rings. The second-order valence-electron chi connectivity index (χ2n) is 5.96. The van der Waals surface area contributed by atoms with E-state index >= 15 is 0 Å². The summed E-state index contributed by atoms with van der Waals surface area (Å²) in [4.78, 5) is 14.9. The molecule has 0 spiro atoms. The molecule has 20 heavy (non-hydrogen) atoms. The Morgan fingerprint density at radius 2 is 1.75 bits per heavy atom. The number of carbonyl (C=O) groups excluding carboxylic acids is 1. The molecule has 1 atom stereocenters. The molecule has 1 saturated heterocycles. The maximum Gasteiger partial charge on any atom is 0.230 e. The van der Waals surface area contributed by atoms with Crippen molar-refractivity contribution in [3.05, 3.63) is 35.4 Å². The fourth-order valence-electron chi connectivity index (χ4n) is 2.92. The number of nitrogens with zero attached hydrogens (tertiary/aromatic N) is 2. The lowest BCUT2D eigenvalue weighted by atomic mass is 9.92. The molecule has 1 aliphatic heterocycles. The van der Waals surface area contributed by atoms with E-state index in [9.17, 15) is 4.79 Å². The van der Waals surface area contributed by atoms with Crippen LogP contribution in [0.3, 0.4) is 0 Å². The van der Waals surface area contributed by atoms with Crippen molar-refractivity contribution in [2.45, 2.75) is 25.7 Å². The normalized spacial score (nSPS) is 21.8. The van der Waals surface area contributed by atoms with Gasteiger partial charge < -0.3 is 4.90 Å². The SMILES string of the molecule is Cc1ccc(C(C(=O)N2CCN(I)CC2)C2CC2)cc1. The summed E-state index contributed by atoms with van der Waals surface area (Å²) in [5, 5.41) is 0. The van der Waals surface area contributed by atoms with Gasteiger partial charge in [0.05, 0.1) is 5.92 Å². The van der Waals surface area contributed by atoms with Gasteiger partial charge in [-0.05, 0) is 31.2 Å². The first kappa shape index (κ1) is 14.3. The van der Waals surface area contributed by atoms with E-state index in [2.05, 4.69) is 62.1 Å². The highest BCUT2D eigenvalue weighted by Gasteiger charge is 2.39. The van der Waals surface area contributed by atoms with Gasteiger partial charge in [-0.15, -0.1) is 0 Å². The fourth-order valence-corrected chi connectivity index (χ4v) is 3.35. The van der Waals surface area contributed by atoms with Gasteiger partial charge in [-0.3, -0.25) is 4.79 Å². The molecule has 1 saturated carbocycles. The van der Waals surface area contributed by atoms with Gasteiger partial charge in [0.1, 0.15) is 0 Å². The predicted molar refractivity (Wildman–Crippen MR) is 88.8 cm³/mol.